The molecule has 2 aromatic rings. The minimum Gasteiger partial charge on any atom is -0.508 e. The zero-order valence-corrected chi connectivity index (χ0v) is 20.7. The number of nitrogens with one attached hydrogen (secondary N) is 2. The monoisotopic (exact) mass is 465 g/mol. The molecule has 186 valence electrons. The molecular formula is C29H43N3O2. The van der Waals surface area contributed by atoms with Crippen LogP contribution < -0.4 is 10.6 Å². The number of likely N-dealkylation sites (tertiary alicyclic amines) is 1. The highest BCUT2D eigenvalue weighted by atomic mass is 16.3. The number of phenols is 1. The summed E-state index contributed by atoms with van der Waals surface area (Å²) in [6, 6.07) is 11.3. The van der Waals surface area contributed by atoms with Gasteiger partial charge in [0.15, 0.2) is 0 Å². The molecule has 34 heavy (non-hydrogen) atoms. The van der Waals surface area contributed by atoms with Crippen LogP contribution in [0.3, 0.4) is 0 Å². The van der Waals surface area contributed by atoms with Gasteiger partial charge < -0.3 is 20.6 Å². The number of piperidine rings is 1. The number of rotatable bonds is 11. The molecule has 4 rings (SSSR count). The number of hydrogen-bond acceptors (Lipinski definition) is 4. The second kappa shape index (κ2) is 13.1. The SMILES string of the molecule is O=C(Cc1cccc2cc(O)ccc12)N1CCC(CNCCCCNCC2CCCCC2)CC1. The predicted molar refractivity (Wildman–Crippen MR) is 140 cm³/mol. The molecule has 0 unspecified atom stereocenters. The second-order valence-electron chi connectivity index (χ2n) is 10.4. The minimum atomic E-state index is 0.215. The van der Waals surface area contributed by atoms with Crippen LogP contribution in [0.15, 0.2) is 36.4 Å². The maximum Gasteiger partial charge on any atom is 0.227 e. The van der Waals surface area contributed by atoms with E-state index < -0.39 is 0 Å². The van der Waals surface area contributed by atoms with Gasteiger partial charge in [-0.05, 0) is 105 Å². The van der Waals surface area contributed by atoms with Crippen LogP contribution in [0.2, 0.25) is 0 Å². The van der Waals surface area contributed by atoms with E-state index in [9.17, 15) is 9.90 Å². The Morgan fingerprint density at radius 2 is 1.56 bits per heavy atom. The quantitative estimate of drug-likeness (QED) is 0.415. The van der Waals surface area contributed by atoms with Gasteiger partial charge in [-0.3, -0.25) is 4.79 Å². The van der Waals surface area contributed by atoms with Gasteiger partial charge >= 0.3 is 0 Å². The Balaban J connectivity index is 1.07. The number of amides is 1. The highest BCUT2D eigenvalue weighted by Gasteiger charge is 2.23. The summed E-state index contributed by atoms with van der Waals surface area (Å²) in [7, 11) is 0. The molecule has 0 radical (unpaired) electrons. The lowest BCUT2D eigenvalue weighted by molar-refractivity contribution is -0.131. The van der Waals surface area contributed by atoms with Crippen LogP contribution in [-0.2, 0) is 11.2 Å². The molecule has 2 aromatic carbocycles. The second-order valence-corrected chi connectivity index (χ2v) is 10.4. The zero-order chi connectivity index (χ0) is 23.6. The van der Waals surface area contributed by atoms with E-state index in [0.29, 0.717) is 12.3 Å². The summed E-state index contributed by atoms with van der Waals surface area (Å²) < 4.78 is 0. The van der Waals surface area contributed by atoms with Crippen molar-refractivity contribution in [3.8, 4) is 5.75 Å². The van der Waals surface area contributed by atoms with E-state index in [4.69, 9.17) is 0 Å². The molecule has 5 nitrogen and oxygen atoms in total. The minimum absolute atomic E-state index is 0.215. The Kier molecular flexibility index (Phi) is 9.63. The highest BCUT2D eigenvalue weighted by Crippen LogP contribution is 2.25. The Labute approximate surface area is 205 Å². The van der Waals surface area contributed by atoms with Gasteiger partial charge in [-0.15, -0.1) is 0 Å². The Bertz CT molecular complexity index is 901. The first kappa shape index (κ1) is 25.0. The van der Waals surface area contributed by atoms with Crippen LogP contribution >= 0.6 is 0 Å². The molecule has 1 saturated heterocycles. The summed E-state index contributed by atoms with van der Waals surface area (Å²) in [6.45, 7) is 6.26. The van der Waals surface area contributed by atoms with Gasteiger partial charge in [-0.2, -0.15) is 0 Å². The zero-order valence-electron chi connectivity index (χ0n) is 20.7. The number of phenolic OH excluding ortho intramolecular Hbond substituents is 1. The molecule has 1 aliphatic carbocycles. The molecule has 3 N–H and O–H groups in total. The molecule has 0 atom stereocenters. The average Bonchev–Trinajstić information content (AvgIpc) is 2.86. The highest BCUT2D eigenvalue weighted by molar-refractivity contribution is 5.91. The normalized spacial score (nSPS) is 17.9. The van der Waals surface area contributed by atoms with E-state index in [1.54, 1.807) is 12.1 Å². The third-order valence-corrected chi connectivity index (χ3v) is 7.81. The Hall–Kier alpha value is -2.11. The molecule has 0 bridgehead atoms. The van der Waals surface area contributed by atoms with Gasteiger partial charge in [0, 0.05) is 13.1 Å². The third kappa shape index (κ3) is 7.44. The standard InChI is InChI=1S/C29H43N3O2/c33-27-11-12-28-25(19-27)9-6-10-26(28)20-29(34)32-17-13-24(14-18-32)22-31-16-5-4-15-30-21-23-7-2-1-3-8-23/h6,9-12,19,23-24,30-31,33H,1-5,7-8,13-18,20-22H2. The molecule has 0 spiro atoms. The Morgan fingerprint density at radius 1 is 0.882 bits per heavy atom. The summed E-state index contributed by atoms with van der Waals surface area (Å²) in [5.41, 5.74) is 1.04. The van der Waals surface area contributed by atoms with Crippen molar-refractivity contribution >= 4 is 16.7 Å². The number of aromatic hydroxyl groups is 1. The van der Waals surface area contributed by atoms with Gasteiger partial charge in [0.2, 0.25) is 5.91 Å². The van der Waals surface area contributed by atoms with Crippen LogP contribution in [0.5, 0.6) is 5.75 Å². The van der Waals surface area contributed by atoms with Crippen LogP contribution in [0.4, 0.5) is 0 Å². The average molecular weight is 466 g/mol. The number of hydrogen-bond donors (Lipinski definition) is 3. The first-order valence-electron chi connectivity index (χ1n) is 13.6. The lowest BCUT2D eigenvalue weighted by atomic mass is 9.89. The van der Waals surface area contributed by atoms with Crippen molar-refractivity contribution in [3.63, 3.8) is 0 Å². The number of nitrogens with zero attached hydrogens (tertiary/aromatic N) is 1. The van der Waals surface area contributed by atoms with E-state index in [-0.39, 0.29) is 11.7 Å². The van der Waals surface area contributed by atoms with E-state index in [2.05, 4.69) is 10.6 Å². The van der Waals surface area contributed by atoms with Crippen molar-refractivity contribution in [2.24, 2.45) is 11.8 Å². The molecule has 1 aliphatic heterocycles. The van der Waals surface area contributed by atoms with Crippen LogP contribution in [0.25, 0.3) is 10.8 Å². The lowest BCUT2D eigenvalue weighted by Gasteiger charge is -2.32. The van der Waals surface area contributed by atoms with Crippen molar-refractivity contribution in [1.29, 1.82) is 0 Å². The summed E-state index contributed by atoms with van der Waals surface area (Å²) in [5.74, 6) is 2.07. The summed E-state index contributed by atoms with van der Waals surface area (Å²) >= 11 is 0. The van der Waals surface area contributed by atoms with Crippen molar-refractivity contribution < 1.29 is 9.90 Å². The van der Waals surface area contributed by atoms with E-state index in [1.807, 2.05) is 29.2 Å². The van der Waals surface area contributed by atoms with Crippen molar-refractivity contribution in [2.75, 3.05) is 39.3 Å². The van der Waals surface area contributed by atoms with Gasteiger partial charge in [-0.25, -0.2) is 0 Å². The molecule has 1 heterocycles. The fraction of sp³-hybridized carbons (Fsp3) is 0.621. The number of benzene rings is 2. The number of carbonyl (C=O) groups is 1. The van der Waals surface area contributed by atoms with E-state index in [1.165, 1.54) is 51.5 Å². The largest absolute Gasteiger partial charge is 0.508 e. The number of carbonyl (C=O) groups excluding carboxylic acids is 1. The lowest BCUT2D eigenvalue weighted by Crippen LogP contribution is -2.41. The van der Waals surface area contributed by atoms with Crippen molar-refractivity contribution in [3.05, 3.63) is 42.0 Å². The fourth-order valence-electron chi connectivity index (χ4n) is 5.66. The topological polar surface area (TPSA) is 64.6 Å². The molecule has 1 amide bonds. The van der Waals surface area contributed by atoms with Gasteiger partial charge in [-0.1, -0.05) is 43.5 Å². The molecular weight excluding hydrogens is 422 g/mol. The fourth-order valence-corrected chi connectivity index (χ4v) is 5.66. The molecule has 0 aromatic heterocycles. The first-order valence-corrected chi connectivity index (χ1v) is 13.6. The van der Waals surface area contributed by atoms with Gasteiger partial charge in [0.25, 0.3) is 0 Å². The number of fused-ring (bicyclic) bond motifs is 1. The predicted octanol–water partition coefficient (Wildman–Crippen LogP) is 4.87. The first-order chi connectivity index (χ1) is 16.7. The molecule has 5 heteroatoms. The van der Waals surface area contributed by atoms with E-state index in [0.717, 1.165) is 67.8 Å². The smallest absolute Gasteiger partial charge is 0.227 e. The molecule has 2 fully saturated rings. The van der Waals surface area contributed by atoms with E-state index >= 15 is 0 Å². The van der Waals surface area contributed by atoms with Gasteiger partial charge in [0.05, 0.1) is 6.42 Å². The van der Waals surface area contributed by atoms with Crippen molar-refractivity contribution in [2.45, 2.75) is 64.2 Å². The van der Waals surface area contributed by atoms with Crippen LogP contribution in [-0.4, -0.2) is 55.2 Å². The van der Waals surface area contributed by atoms with Gasteiger partial charge in [0.1, 0.15) is 5.75 Å². The Morgan fingerprint density at radius 3 is 2.26 bits per heavy atom. The molecule has 2 aliphatic rings. The number of unbranched alkanes of at least 4 members (excludes halogenated alkanes) is 1. The third-order valence-electron chi connectivity index (χ3n) is 7.81. The molecule has 1 saturated carbocycles. The summed E-state index contributed by atoms with van der Waals surface area (Å²) in [6.07, 6.45) is 12.2. The summed E-state index contributed by atoms with van der Waals surface area (Å²) in [4.78, 5) is 15.0. The maximum atomic E-state index is 12.9. The van der Waals surface area contributed by atoms with Crippen molar-refractivity contribution in [1.82, 2.24) is 15.5 Å². The van der Waals surface area contributed by atoms with Crippen LogP contribution in [0, 0.1) is 11.8 Å². The van der Waals surface area contributed by atoms with Crippen LogP contribution in [0.1, 0.15) is 63.4 Å². The summed E-state index contributed by atoms with van der Waals surface area (Å²) in [5, 5.41) is 19.1. The maximum absolute atomic E-state index is 12.9.